The first-order valence-electron chi connectivity index (χ1n) is 10.5. The maximum absolute atomic E-state index is 13.6. The average molecular weight is 454 g/mol. The summed E-state index contributed by atoms with van der Waals surface area (Å²) in [5.74, 6) is -3.38. The maximum atomic E-state index is 13.6. The number of pyridine rings is 1. The van der Waals surface area contributed by atoms with E-state index < -0.39 is 29.1 Å². The highest BCUT2D eigenvalue weighted by molar-refractivity contribution is 6.43. The Bertz CT molecular complexity index is 1430. The van der Waals surface area contributed by atoms with Gasteiger partial charge in [-0.05, 0) is 34.6 Å². The Kier molecular flexibility index (Phi) is 5.23. The van der Waals surface area contributed by atoms with Crippen molar-refractivity contribution in [2.45, 2.75) is 47.7 Å². The fourth-order valence-corrected chi connectivity index (χ4v) is 4.22. The molecule has 0 aliphatic carbocycles. The minimum Gasteiger partial charge on any atom is -0.460 e. The number of aromatic nitrogens is 5. The molecule has 0 fully saturated rings. The van der Waals surface area contributed by atoms with Crippen molar-refractivity contribution in [1.29, 1.82) is 0 Å². The van der Waals surface area contributed by atoms with E-state index in [1.807, 2.05) is 6.92 Å². The number of aromatic amines is 1. The third kappa shape index (κ3) is 3.01. The summed E-state index contributed by atoms with van der Waals surface area (Å²) in [6.45, 7) is 9.07. The van der Waals surface area contributed by atoms with Crippen molar-refractivity contribution in [2.75, 3.05) is 11.5 Å². The van der Waals surface area contributed by atoms with Gasteiger partial charge in [0.05, 0.1) is 17.7 Å². The number of hydrogen-bond donors (Lipinski definition) is 1. The number of ether oxygens (including phenoxy) is 1. The van der Waals surface area contributed by atoms with Gasteiger partial charge < -0.3 is 18.9 Å². The first-order chi connectivity index (χ1) is 15.7. The topological polar surface area (TPSA) is 149 Å². The highest BCUT2D eigenvalue weighted by Crippen LogP contribution is 2.33. The molecule has 3 aromatic heterocycles. The normalized spacial score (nSPS) is 13.2. The summed E-state index contributed by atoms with van der Waals surface area (Å²) in [6.07, 6.45) is 0. The molecule has 2 amide bonds. The summed E-state index contributed by atoms with van der Waals surface area (Å²) < 4.78 is 7.95. The fourth-order valence-electron chi connectivity index (χ4n) is 4.22. The van der Waals surface area contributed by atoms with Crippen LogP contribution < -0.4 is 10.5 Å². The predicted molar refractivity (Wildman–Crippen MR) is 116 cm³/mol. The van der Waals surface area contributed by atoms with Crippen LogP contribution in [0.5, 0.6) is 0 Å². The van der Waals surface area contributed by atoms with Crippen LogP contribution in [0.1, 0.15) is 63.6 Å². The Morgan fingerprint density at radius 2 is 1.52 bits per heavy atom. The van der Waals surface area contributed by atoms with Crippen LogP contribution >= 0.6 is 0 Å². The second-order valence-electron chi connectivity index (χ2n) is 7.38. The van der Waals surface area contributed by atoms with Gasteiger partial charge in [0, 0.05) is 13.1 Å². The molecule has 0 radical (unpaired) electrons. The van der Waals surface area contributed by atoms with Crippen molar-refractivity contribution < 1.29 is 23.9 Å². The number of imidazole rings is 2. The zero-order valence-electron chi connectivity index (χ0n) is 18.8. The molecule has 12 nitrogen and oxygen atoms in total. The number of hydrogen-bond acceptors (Lipinski definition) is 8. The largest absolute Gasteiger partial charge is 0.460 e. The number of carbonyl (C=O) groups excluding carboxylic acids is 4. The molecule has 1 N–H and O–H groups in total. The van der Waals surface area contributed by atoms with Gasteiger partial charge >= 0.3 is 5.97 Å². The van der Waals surface area contributed by atoms with Gasteiger partial charge in [0.1, 0.15) is 22.9 Å². The maximum Gasteiger partial charge on any atom is 0.381 e. The minimum absolute atomic E-state index is 0.0279. The molecule has 33 heavy (non-hydrogen) atoms. The van der Waals surface area contributed by atoms with E-state index in [4.69, 9.17) is 4.74 Å². The number of Topliss-reactive ketones (excluding diaryl/α,β-unsaturated/α-hetero) is 1. The highest BCUT2D eigenvalue weighted by Gasteiger charge is 2.45. The van der Waals surface area contributed by atoms with Crippen molar-refractivity contribution >= 4 is 40.5 Å². The Morgan fingerprint density at radius 3 is 2.12 bits per heavy atom. The van der Waals surface area contributed by atoms with Gasteiger partial charge in [-0.1, -0.05) is 0 Å². The first kappa shape index (κ1) is 22.1. The quantitative estimate of drug-likeness (QED) is 0.252. The van der Waals surface area contributed by atoms with E-state index in [-0.39, 0.29) is 41.4 Å². The molecule has 172 valence electrons. The number of anilines is 1. The summed E-state index contributed by atoms with van der Waals surface area (Å²) in [5, 5.41) is 0. The van der Waals surface area contributed by atoms with Crippen LogP contribution in [0.15, 0.2) is 4.79 Å². The summed E-state index contributed by atoms with van der Waals surface area (Å²) >= 11 is 0. The molecule has 4 rings (SSSR count). The number of rotatable bonds is 6. The van der Waals surface area contributed by atoms with Crippen molar-refractivity contribution in [1.82, 2.24) is 24.1 Å². The van der Waals surface area contributed by atoms with Crippen LogP contribution in [0.25, 0.3) is 11.2 Å². The molecule has 0 bridgehead atoms. The average Bonchev–Trinajstić information content (AvgIpc) is 3.35. The summed E-state index contributed by atoms with van der Waals surface area (Å²) in [6, 6.07) is 0. The number of imide groups is 1. The molecule has 1 aliphatic rings. The Labute approximate surface area is 187 Å². The van der Waals surface area contributed by atoms with Crippen LogP contribution in [0.4, 0.5) is 5.82 Å². The van der Waals surface area contributed by atoms with Gasteiger partial charge in [0.25, 0.3) is 23.2 Å². The van der Waals surface area contributed by atoms with E-state index in [0.29, 0.717) is 28.6 Å². The molecular weight excluding hydrogens is 432 g/mol. The lowest BCUT2D eigenvalue weighted by atomic mass is 10.1. The van der Waals surface area contributed by atoms with Gasteiger partial charge in [0.2, 0.25) is 0 Å². The summed E-state index contributed by atoms with van der Waals surface area (Å²) in [7, 11) is 0. The van der Waals surface area contributed by atoms with Crippen LogP contribution in [-0.4, -0.2) is 54.3 Å². The third-order valence-electron chi connectivity index (χ3n) is 5.60. The second-order valence-corrected chi connectivity index (χ2v) is 7.38. The van der Waals surface area contributed by atoms with E-state index in [9.17, 15) is 24.0 Å². The Morgan fingerprint density at radius 1 is 0.909 bits per heavy atom. The Balaban J connectivity index is 1.98. The number of carbonyl (C=O) groups is 4. The summed E-state index contributed by atoms with van der Waals surface area (Å²) in [4.78, 5) is 76.5. The smallest absolute Gasteiger partial charge is 0.381 e. The number of H-pyrrole nitrogens is 1. The molecular formula is C21H22N6O6. The number of aryl methyl sites for hydroxylation is 3. The lowest BCUT2D eigenvalue weighted by molar-refractivity contribution is -0.137. The third-order valence-corrected chi connectivity index (χ3v) is 5.60. The zero-order chi connectivity index (χ0) is 24.2. The van der Waals surface area contributed by atoms with E-state index in [2.05, 4.69) is 15.0 Å². The Hall–Kier alpha value is -4.09. The molecule has 0 unspecified atom stereocenters. The molecule has 4 heterocycles. The van der Waals surface area contributed by atoms with Crippen molar-refractivity contribution in [3.63, 3.8) is 0 Å². The number of nitrogens with zero attached hydrogens (tertiary/aromatic N) is 5. The fraction of sp³-hybridized carbons (Fsp3) is 0.381. The monoisotopic (exact) mass is 454 g/mol. The van der Waals surface area contributed by atoms with Crippen LogP contribution in [-0.2, 0) is 22.6 Å². The molecule has 3 aromatic rings. The number of fused-ring (bicyclic) bond motifs is 3. The highest BCUT2D eigenvalue weighted by atomic mass is 16.5. The molecule has 12 heteroatoms. The van der Waals surface area contributed by atoms with E-state index in [1.54, 1.807) is 32.3 Å². The first-order valence-corrected chi connectivity index (χ1v) is 10.5. The molecule has 1 aliphatic heterocycles. The van der Waals surface area contributed by atoms with Crippen LogP contribution in [0.3, 0.4) is 0 Å². The SMILES string of the molecule is CCOC(=O)C(=O)c1c(N2C(=O)c3c(c4c(nc(C)n4CC)[nH]c3=O)C2=O)nc(C)n1CC. The van der Waals surface area contributed by atoms with E-state index in [1.165, 1.54) is 4.57 Å². The van der Waals surface area contributed by atoms with Gasteiger partial charge in [-0.2, -0.15) is 0 Å². The van der Waals surface area contributed by atoms with Crippen LogP contribution in [0.2, 0.25) is 0 Å². The number of nitrogens with one attached hydrogen (secondary N) is 1. The van der Waals surface area contributed by atoms with Gasteiger partial charge in [0.15, 0.2) is 11.5 Å². The van der Waals surface area contributed by atoms with Crippen molar-refractivity contribution in [2.24, 2.45) is 0 Å². The molecule has 0 aromatic carbocycles. The second kappa shape index (κ2) is 7.80. The molecule has 0 spiro atoms. The van der Waals surface area contributed by atoms with Crippen molar-refractivity contribution in [3.8, 4) is 0 Å². The minimum atomic E-state index is -1.13. The van der Waals surface area contributed by atoms with E-state index >= 15 is 0 Å². The number of amides is 2. The number of esters is 1. The molecule has 0 saturated carbocycles. The number of ketones is 1. The van der Waals surface area contributed by atoms with Crippen molar-refractivity contribution in [3.05, 3.63) is 38.8 Å². The van der Waals surface area contributed by atoms with Gasteiger partial charge in [-0.15, -0.1) is 0 Å². The lowest BCUT2D eigenvalue weighted by Crippen LogP contribution is -2.33. The van der Waals surface area contributed by atoms with Gasteiger partial charge in [-0.25, -0.2) is 19.7 Å². The molecule has 0 atom stereocenters. The standard InChI is InChI=1S/C21H22N6O6/c1-6-25-9(4)22-16-13(25)11-12(18(29)24-16)20(31)27(19(11)30)17-14(15(28)21(32)33-8-3)26(7-2)10(5)23-17/h6-8H2,1-5H3,(H,24,29). The summed E-state index contributed by atoms with van der Waals surface area (Å²) in [5.41, 5.74) is -1.01. The lowest BCUT2D eigenvalue weighted by Gasteiger charge is -2.14. The van der Waals surface area contributed by atoms with Gasteiger partial charge in [-0.3, -0.25) is 19.2 Å². The zero-order valence-corrected chi connectivity index (χ0v) is 18.8. The predicted octanol–water partition coefficient (Wildman–Crippen LogP) is 1.12. The van der Waals surface area contributed by atoms with Crippen LogP contribution in [0, 0.1) is 13.8 Å². The van der Waals surface area contributed by atoms with E-state index in [0.717, 1.165) is 0 Å². The molecule has 0 saturated heterocycles.